The van der Waals surface area contributed by atoms with Gasteiger partial charge in [-0.2, -0.15) is 0 Å². The van der Waals surface area contributed by atoms with Crippen LogP contribution in [-0.2, 0) is 4.79 Å². The topological polar surface area (TPSA) is 78.7 Å². The van der Waals surface area contributed by atoms with E-state index in [1.54, 1.807) is 4.90 Å². The van der Waals surface area contributed by atoms with Crippen molar-refractivity contribution in [1.29, 1.82) is 0 Å². The summed E-state index contributed by atoms with van der Waals surface area (Å²) in [5.74, 6) is 2.33. The van der Waals surface area contributed by atoms with E-state index in [2.05, 4.69) is 11.2 Å². The normalized spacial score (nSPS) is 22.0. The monoisotopic (exact) mass is 264 g/mol. The Morgan fingerprint density at radius 2 is 2.16 bits per heavy atom. The SMILES string of the molecule is C#CCC(N)C(=O)N1CCC(N2CCNC2=O)CC1. The molecule has 1 unspecified atom stereocenters. The number of nitrogens with two attached hydrogens (primary N) is 1. The zero-order valence-electron chi connectivity index (χ0n) is 11.0. The van der Waals surface area contributed by atoms with E-state index < -0.39 is 6.04 Å². The Balaban J connectivity index is 1.84. The van der Waals surface area contributed by atoms with Crippen LogP contribution in [0.25, 0.3) is 0 Å². The van der Waals surface area contributed by atoms with Gasteiger partial charge in [0.2, 0.25) is 5.91 Å². The number of terminal acetylenes is 1. The van der Waals surface area contributed by atoms with Gasteiger partial charge in [0, 0.05) is 38.6 Å². The van der Waals surface area contributed by atoms with Gasteiger partial charge in [0.1, 0.15) is 0 Å². The molecule has 2 fully saturated rings. The second kappa shape index (κ2) is 5.93. The molecule has 2 heterocycles. The third-order valence-corrected chi connectivity index (χ3v) is 3.76. The number of urea groups is 1. The fourth-order valence-electron chi connectivity index (χ4n) is 2.68. The lowest BCUT2D eigenvalue weighted by Crippen LogP contribution is -2.51. The molecule has 3 N–H and O–H groups in total. The predicted molar refractivity (Wildman–Crippen MR) is 71.1 cm³/mol. The molecule has 0 aromatic rings. The zero-order valence-corrected chi connectivity index (χ0v) is 11.0. The Morgan fingerprint density at radius 3 is 2.68 bits per heavy atom. The van der Waals surface area contributed by atoms with Gasteiger partial charge in [0.15, 0.2) is 0 Å². The number of hydrogen-bond donors (Lipinski definition) is 2. The van der Waals surface area contributed by atoms with Gasteiger partial charge in [-0.1, -0.05) is 0 Å². The van der Waals surface area contributed by atoms with Crippen LogP contribution in [-0.4, -0.2) is 60.0 Å². The highest BCUT2D eigenvalue weighted by atomic mass is 16.2. The molecule has 0 saturated carbocycles. The van der Waals surface area contributed by atoms with Gasteiger partial charge < -0.3 is 20.9 Å². The van der Waals surface area contributed by atoms with Crippen LogP contribution in [0.5, 0.6) is 0 Å². The summed E-state index contributed by atoms with van der Waals surface area (Å²) in [6.07, 6.45) is 7.05. The van der Waals surface area contributed by atoms with E-state index in [1.165, 1.54) is 0 Å². The second-order valence-electron chi connectivity index (χ2n) is 5.00. The third-order valence-electron chi connectivity index (χ3n) is 3.76. The first-order valence-corrected chi connectivity index (χ1v) is 6.65. The molecule has 3 amide bonds. The molecular formula is C13H20N4O2. The van der Waals surface area contributed by atoms with E-state index >= 15 is 0 Å². The van der Waals surface area contributed by atoms with Crippen molar-refractivity contribution in [2.24, 2.45) is 5.73 Å². The lowest BCUT2D eigenvalue weighted by Gasteiger charge is -2.36. The number of rotatable bonds is 3. The standard InChI is InChI=1S/C13H20N4O2/c1-2-3-11(14)12(18)16-7-4-10(5-8-16)17-9-6-15-13(17)19/h1,10-11H,3-9,14H2,(H,15,19). The quantitative estimate of drug-likeness (QED) is 0.665. The Labute approximate surface area is 113 Å². The van der Waals surface area contributed by atoms with Gasteiger partial charge in [-0.25, -0.2) is 4.79 Å². The molecule has 0 aliphatic carbocycles. The first-order valence-electron chi connectivity index (χ1n) is 6.65. The minimum atomic E-state index is -0.600. The summed E-state index contributed by atoms with van der Waals surface area (Å²) in [6, 6.07) is -0.360. The maximum absolute atomic E-state index is 12.0. The molecule has 1 atom stereocenters. The van der Waals surface area contributed by atoms with Crippen LogP contribution in [0.15, 0.2) is 0 Å². The number of carbonyl (C=O) groups excluding carboxylic acids is 2. The molecule has 0 radical (unpaired) electrons. The molecular weight excluding hydrogens is 244 g/mol. The van der Waals surface area contributed by atoms with Crippen molar-refractivity contribution in [3.63, 3.8) is 0 Å². The van der Waals surface area contributed by atoms with Crippen LogP contribution in [0.4, 0.5) is 4.79 Å². The smallest absolute Gasteiger partial charge is 0.317 e. The van der Waals surface area contributed by atoms with Crippen molar-refractivity contribution < 1.29 is 9.59 Å². The largest absolute Gasteiger partial charge is 0.341 e. The Hall–Kier alpha value is -1.74. The van der Waals surface area contributed by atoms with Crippen molar-refractivity contribution in [2.45, 2.75) is 31.3 Å². The average Bonchev–Trinajstić information content (AvgIpc) is 2.84. The number of hydrogen-bond acceptors (Lipinski definition) is 3. The average molecular weight is 264 g/mol. The number of carbonyl (C=O) groups is 2. The lowest BCUT2D eigenvalue weighted by molar-refractivity contribution is -0.133. The highest BCUT2D eigenvalue weighted by molar-refractivity contribution is 5.82. The molecule has 2 aliphatic heterocycles. The molecule has 2 saturated heterocycles. The number of nitrogens with zero attached hydrogens (tertiary/aromatic N) is 2. The third kappa shape index (κ3) is 2.99. The minimum absolute atomic E-state index is 0.00816. The van der Waals surface area contributed by atoms with E-state index in [0.29, 0.717) is 19.6 Å². The second-order valence-corrected chi connectivity index (χ2v) is 5.00. The summed E-state index contributed by atoms with van der Waals surface area (Å²) < 4.78 is 0. The zero-order chi connectivity index (χ0) is 13.8. The van der Waals surface area contributed by atoms with E-state index in [9.17, 15) is 9.59 Å². The van der Waals surface area contributed by atoms with E-state index in [1.807, 2.05) is 4.90 Å². The van der Waals surface area contributed by atoms with Gasteiger partial charge in [0.05, 0.1) is 6.04 Å². The van der Waals surface area contributed by atoms with Crippen LogP contribution >= 0.6 is 0 Å². The van der Waals surface area contributed by atoms with E-state index in [-0.39, 0.29) is 24.4 Å². The Bertz CT molecular complexity index is 396. The van der Waals surface area contributed by atoms with Crippen LogP contribution in [0.1, 0.15) is 19.3 Å². The summed E-state index contributed by atoms with van der Waals surface area (Å²) in [5.41, 5.74) is 5.73. The molecule has 6 nitrogen and oxygen atoms in total. The lowest BCUT2D eigenvalue weighted by atomic mass is 10.0. The number of likely N-dealkylation sites (tertiary alicyclic amines) is 1. The maximum atomic E-state index is 12.0. The van der Waals surface area contributed by atoms with Crippen LogP contribution in [0, 0.1) is 12.3 Å². The van der Waals surface area contributed by atoms with Crippen LogP contribution < -0.4 is 11.1 Å². The molecule has 2 rings (SSSR count). The molecule has 0 aromatic carbocycles. The molecule has 2 aliphatic rings. The summed E-state index contributed by atoms with van der Waals surface area (Å²) in [5, 5.41) is 2.80. The van der Waals surface area contributed by atoms with Crippen LogP contribution in [0.3, 0.4) is 0 Å². The van der Waals surface area contributed by atoms with Gasteiger partial charge in [-0.05, 0) is 12.8 Å². The maximum Gasteiger partial charge on any atom is 0.317 e. The van der Waals surface area contributed by atoms with Gasteiger partial charge >= 0.3 is 6.03 Å². The van der Waals surface area contributed by atoms with Gasteiger partial charge in [-0.3, -0.25) is 4.79 Å². The highest BCUT2D eigenvalue weighted by Crippen LogP contribution is 2.18. The molecule has 0 spiro atoms. The Morgan fingerprint density at radius 1 is 1.47 bits per heavy atom. The summed E-state index contributed by atoms with van der Waals surface area (Å²) >= 11 is 0. The first-order chi connectivity index (χ1) is 9.13. The number of piperidine rings is 1. The molecule has 0 bridgehead atoms. The minimum Gasteiger partial charge on any atom is -0.341 e. The van der Waals surface area contributed by atoms with Crippen molar-refractivity contribution in [3.8, 4) is 12.3 Å². The van der Waals surface area contributed by atoms with E-state index in [0.717, 1.165) is 19.4 Å². The summed E-state index contributed by atoms with van der Waals surface area (Å²) in [6.45, 7) is 2.76. The molecule has 104 valence electrons. The summed E-state index contributed by atoms with van der Waals surface area (Å²) in [7, 11) is 0. The van der Waals surface area contributed by atoms with Gasteiger partial charge in [-0.15, -0.1) is 12.3 Å². The first kappa shape index (κ1) is 13.7. The number of amides is 3. The molecule has 19 heavy (non-hydrogen) atoms. The molecule has 0 aromatic heterocycles. The highest BCUT2D eigenvalue weighted by Gasteiger charge is 2.32. The fraction of sp³-hybridized carbons (Fsp3) is 0.692. The van der Waals surface area contributed by atoms with Gasteiger partial charge in [0.25, 0.3) is 0 Å². The predicted octanol–water partition coefficient (Wildman–Crippen LogP) is -0.647. The van der Waals surface area contributed by atoms with Crippen molar-refractivity contribution in [1.82, 2.24) is 15.1 Å². The number of nitrogens with one attached hydrogen (secondary N) is 1. The Kier molecular flexibility index (Phi) is 4.27. The molecule has 6 heteroatoms. The fourth-order valence-corrected chi connectivity index (χ4v) is 2.68. The summed E-state index contributed by atoms with van der Waals surface area (Å²) in [4.78, 5) is 27.2. The van der Waals surface area contributed by atoms with Crippen molar-refractivity contribution in [2.75, 3.05) is 26.2 Å². The van der Waals surface area contributed by atoms with Crippen LogP contribution in [0.2, 0.25) is 0 Å². The van der Waals surface area contributed by atoms with E-state index in [4.69, 9.17) is 12.2 Å². The van der Waals surface area contributed by atoms with Crippen molar-refractivity contribution >= 4 is 11.9 Å². The van der Waals surface area contributed by atoms with Crippen molar-refractivity contribution in [3.05, 3.63) is 0 Å².